The maximum absolute atomic E-state index is 12.4. The molecule has 3 nitrogen and oxygen atoms in total. The Hall–Kier alpha value is -1.36. The van der Waals surface area contributed by atoms with Crippen molar-refractivity contribution >= 4 is 5.78 Å². The summed E-state index contributed by atoms with van der Waals surface area (Å²) in [5.41, 5.74) is 4.70. The number of Topliss-reactive ketones (excluding diaryl/α,β-unsaturated/α-hetero) is 1. The first kappa shape index (κ1) is 10.7. The third-order valence-electron chi connectivity index (χ3n) is 1.72. The van der Waals surface area contributed by atoms with E-state index in [1.807, 2.05) is 0 Å². The predicted molar refractivity (Wildman–Crippen MR) is 47.2 cm³/mol. The fourth-order valence-electron chi connectivity index (χ4n) is 1.02. The molecule has 0 aromatic carbocycles. The zero-order valence-electron chi connectivity index (χ0n) is 7.58. The maximum atomic E-state index is 12.4. The average Bonchev–Trinajstić information content (AvgIpc) is 2.16. The second kappa shape index (κ2) is 4.23. The molecule has 0 aliphatic rings. The zero-order chi connectivity index (χ0) is 10.7. The molecule has 1 aromatic rings. The molecule has 0 fully saturated rings. The number of aromatic nitrogens is 1. The van der Waals surface area contributed by atoms with E-state index in [0.717, 1.165) is 0 Å². The molecule has 0 aliphatic heterocycles. The molecule has 0 radical (unpaired) electrons. The molecule has 0 spiro atoms. The van der Waals surface area contributed by atoms with Crippen LogP contribution >= 0.6 is 0 Å². The molecule has 0 aliphatic carbocycles. The minimum absolute atomic E-state index is 0.238. The third-order valence-corrected chi connectivity index (χ3v) is 1.72. The number of ketones is 1. The highest BCUT2D eigenvalue weighted by atomic mass is 19.3. The van der Waals surface area contributed by atoms with E-state index in [0.29, 0.717) is 0 Å². The Morgan fingerprint density at radius 3 is 2.71 bits per heavy atom. The number of hydrogen-bond donors (Lipinski definition) is 1. The number of nitrogens with zero attached hydrogens (tertiary/aromatic N) is 1. The van der Waals surface area contributed by atoms with Gasteiger partial charge >= 0.3 is 0 Å². The molecule has 76 valence electrons. The Kier molecular flexibility index (Phi) is 3.24. The number of rotatable bonds is 3. The summed E-state index contributed by atoms with van der Waals surface area (Å²) < 4.78 is 24.8. The van der Waals surface area contributed by atoms with Gasteiger partial charge < -0.3 is 5.73 Å². The molecule has 0 amide bonds. The quantitative estimate of drug-likeness (QED) is 0.753. The first-order valence-electron chi connectivity index (χ1n) is 4.07. The monoisotopic (exact) mass is 200 g/mol. The molecule has 1 atom stereocenters. The summed E-state index contributed by atoms with van der Waals surface area (Å²) in [6.07, 6.45) is -1.41. The lowest BCUT2D eigenvalue weighted by atomic mass is 10.1. The highest BCUT2D eigenvalue weighted by Crippen LogP contribution is 2.21. The molecule has 1 unspecified atom stereocenters. The van der Waals surface area contributed by atoms with E-state index in [1.54, 1.807) is 0 Å². The Morgan fingerprint density at radius 1 is 1.57 bits per heavy atom. The van der Waals surface area contributed by atoms with Crippen molar-refractivity contribution < 1.29 is 13.6 Å². The minimum Gasteiger partial charge on any atom is -0.321 e. The van der Waals surface area contributed by atoms with Crippen LogP contribution in [-0.2, 0) is 0 Å². The van der Waals surface area contributed by atoms with Gasteiger partial charge in [-0.05, 0) is 19.1 Å². The van der Waals surface area contributed by atoms with Gasteiger partial charge in [-0.3, -0.25) is 9.78 Å². The van der Waals surface area contributed by atoms with Crippen LogP contribution in [0.2, 0.25) is 0 Å². The van der Waals surface area contributed by atoms with E-state index in [4.69, 9.17) is 5.73 Å². The van der Waals surface area contributed by atoms with E-state index in [2.05, 4.69) is 4.98 Å². The standard InChI is InChI=1S/C9H10F2N2O/c1-5(12)8(14)7-6(9(10)11)3-2-4-13-7/h2-5,9H,12H2,1H3. The fourth-order valence-corrected chi connectivity index (χ4v) is 1.02. The zero-order valence-corrected chi connectivity index (χ0v) is 7.58. The lowest BCUT2D eigenvalue weighted by Gasteiger charge is -2.08. The number of carbonyl (C=O) groups excluding carboxylic acids is 1. The second-order valence-electron chi connectivity index (χ2n) is 2.89. The van der Waals surface area contributed by atoms with Crippen LogP contribution in [0, 0.1) is 0 Å². The third kappa shape index (κ3) is 2.11. The molecule has 1 heterocycles. The van der Waals surface area contributed by atoms with Crippen LogP contribution in [0.3, 0.4) is 0 Å². The molecule has 5 heteroatoms. The van der Waals surface area contributed by atoms with Gasteiger partial charge in [0.2, 0.25) is 0 Å². The maximum Gasteiger partial charge on any atom is 0.266 e. The average molecular weight is 200 g/mol. The van der Waals surface area contributed by atoms with Gasteiger partial charge in [0.1, 0.15) is 5.69 Å². The van der Waals surface area contributed by atoms with Gasteiger partial charge in [-0.25, -0.2) is 8.78 Å². The molecule has 0 saturated heterocycles. The van der Waals surface area contributed by atoms with E-state index < -0.39 is 18.3 Å². The van der Waals surface area contributed by atoms with Crippen LogP contribution in [0.15, 0.2) is 18.3 Å². The molecular formula is C9H10F2N2O. The van der Waals surface area contributed by atoms with Gasteiger partial charge in [-0.2, -0.15) is 0 Å². The van der Waals surface area contributed by atoms with Crippen molar-refractivity contribution in [3.63, 3.8) is 0 Å². The Labute approximate surface area is 79.9 Å². The van der Waals surface area contributed by atoms with Crippen molar-refractivity contribution in [1.82, 2.24) is 4.98 Å². The van der Waals surface area contributed by atoms with Gasteiger partial charge in [0, 0.05) is 11.8 Å². The molecule has 0 bridgehead atoms. The second-order valence-corrected chi connectivity index (χ2v) is 2.89. The van der Waals surface area contributed by atoms with Gasteiger partial charge in [0.05, 0.1) is 6.04 Å². The summed E-state index contributed by atoms with van der Waals surface area (Å²) in [6, 6.07) is 1.72. The number of carbonyl (C=O) groups is 1. The van der Waals surface area contributed by atoms with Crippen LogP contribution in [-0.4, -0.2) is 16.8 Å². The van der Waals surface area contributed by atoms with Crippen molar-refractivity contribution in [2.75, 3.05) is 0 Å². The smallest absolute Gasteiger partial charge is 0.266 e. The molecule has 1 rings (SSSR count). The van der Waals surface area contributed by atoms with E-state index >= 15 is 0 Å². The normalized spacial score (nSPS) is 12.9. The van der Waals surface area contributed by atoms with Crippen LogP contribution < -0.4 is 5.73 Å². The largest absolute Gasteiger partial charge is 0.321 e. The first-order chi connectivity index (χ1) is 6.54. The van der Waals surface area contributed by atoms with Crippen molar-refractivity contribution in [3.05, 3.63) is 29.6 Å². The van der Waals surface area contributed by atoms with Gasteiger partial charge in [-0.1, -0.05) is 0 Å². The number of hydrogen-bond acceptors (Lipinski definition) is 3. The highest BCUT2D eigenvalue weighted by Gasteiger charge is 2.21. The van der Waals surface area contributed by atoms with Crippen LogP contribution in [0.5, 0.6) is 0 Å². The minimum atomic E-state index is -2.71. The highest BCUT2D eigenvalue weighted by molar-refractivity contribution is 5.99. The molecule has 14 heavy (non-hydrogen) atoms. The lowest BCUT2D eigenvalue weighted by Crippen LogP contribution is -2.28. The summed E-state index contributed by atoms with van der Waals surface area (Å²) in [7, 11) is 0. The Morgan fingerprint density at radius 2 is 2.21 bits per heavy atom. The summed E-state index contributed by atoms with van der Waals surface area (Å²) in [4.78, 5) is 15.0. The first-order valence-corrected chi connectivity index (χ1v) is 4.07. The van der Waals surface area contributed by atoms with Crippen molar-refractivity contribution in [3.8, 4) is 0 Å². The fraction of sp³-hybridized carbons (Fsp3) is 0.333. The molecular weight excluding hydrogens is 190 g/mol. The summed E-state index contributed by atoms with van der Waals surface area (Å²) in [5, 5.41) is 0. The van der Waals surface area contributed by atoms with Crippen molar-refractivity contribution in [2.45, 2.75) is 19.4 Å². The lowest BCUT2D eigenvalue weighted by molar-refractivity contribution is 0.0948. The summed E-state index contributed by atoms with van der Waals surface area (Å²) >= 11 is 0. The SMILES string of the molecule is CC(N)C(=O)c1ncccc1C(F)F. The number of halogens is 2. The molecule has 2 N–H and O–H groups in total. The van der Waals surface area contributed by atoms with Gasteiger partial charge in [-0.15, -0.1) is 0 Å². The van der Waals surface area contributed by atoms with Gasteiger partial charge in [0.25, 0.3) is 6.43 Å². The Balaban J connectivity index is 3.13. The predicted octanol–water partition coefficient (Wildman–Crippen LogP) is 1.55. The summed E-state index contributed by atoms with van der Waals surface area (Å²) in [6.45, 7) is 1.44. The van der Waals surface area contributed by atoms with Crippen LogP contribution in [0.1, 0.15) is 29.4 Å². The van der Waals surface area contributed by atoms with E-state index in [1.165, 1.54) is 25.3 Å². The van der Waals surface area contributed by atoms with Crippen LogP contribution in [0.4, 0.5) is 8.78 Å². The van der Waals surface area contributed by atoms with E-state index in [9.17, 15) is 13.6 Å². The number of pyridine rings is 1. The number of alkyl halides is 2. The Bertz CT molecular complexity index is 339. The van der Waals surface area contributed by atoms with Gasteiger partial charge in [0.15, 0.2) is 5.78 Å². The van der Waals surface area contributed by atoms with E-state index in [-0.39, 0.29) is 11.3 Å². The van der Waals surface area contributed by atoms with Crippen LogP contribution in [0.25, 0.3) is 0 Å². The molecule has 0 saturated carbocycles. The van der Waals surface area contributed by atoms with Crippen molar-refractivity contribution in [2.24, 2.45) is 5.73 Å². The van der Waals surface area contributed by atoms with Crippen molar-refractivity contribution in [1.29, 1.82) is 0 Å². The summed E-state index contributed by atoms with van der Waals surface area (Å²) in [5.74, 6) is -0.569. The topological polar surface area (TPSA) is 56.0 Å². The molecule has 1 aromatic heterocycles. The number of nitrogens with two attached hydrogens (primary N) is 1.